The second-order valence-corrected chi connectivity index (χ2v) is 4.71. The molecule has 1 heterocycles. The molecule has 6 heteroatoms. The molecule has 1 aliphatic rings. The summed E-state index contributed by atoms with van der Waals surface area (Å²) in [6.07, 6.45) is 5.17. The third-order valence-corrected chi connectivity index (χ3v) is 3.42. The maximum absolute atomic E-state index is 12.1. The van der Waals surface area contributed by atoms with Crippen LogP contribution in [0.15, 0.2) is 18.3 Å². The van der Waals surface area contributed by atoms with Crippen LogP contribution in [-0.4, -0.2) is 41.3 Å². The summed E-state index contributed by atoms with van der Waals surface area (Å²) >= 11 is 0. The van der Waals surface area contributed by atoms with Gasteiger partial charge in [-0.15, -0.1) is 0 Å². The van der Waals surface area contributed by atoms with Crippen LogP contribution in [0.3, 0.4) is 0 Å². The van der Waals surface area contributed by atoms with E-state index in [1.54, 1.807) is 12.1 Å². The van der Waals surface area contributed by atoms with E-state index in [1.807, 2.05) is 10.8 Å². The summed E-state index contributed by atoms with van der Waals surface area (Å²) in [5.74, 6) is -1.47. The highest BCUT2D eigenvalue weighted by molar-refractivity contribution is 5.95. The van der Waals surface area contributed by atoms with Crippen LogP contribution in [0.4, 0.5) is 0 Å². The Hall–Kier alpha value is -1.82. The molecule has 104 valence electrons. The number of methoxy groups -OCH3 is 1. The summed E-state index contributed by atoms with van der Waals surface area (Å²) in [6, 6.07) is 2.85. The van der Waals surface area contributed by atoms with Crippen LogP contribution < -0.4 is 5.32 Å². The number of nitrogens with one attached hydrogen (secondary N) is 1. The average molecular weight is 266 g/mol. The number of aliphatic carboxylic acids is 1. The van der Waals surface area contributed by atoms with E-state index in [4.69, 9.17) is 9.84 Å². The zero-order valence-corrected chi connectivity index (χ0v) is 10.8. The lowest BCUT2D eigenvalue weighted by molar-refractivity contribution is -0.140. The normalized spacial score (nSPS) is 16.7. The number of ether oxygens (including phenoxy) is 1. The van der Waals surface area contributed by atoms with Gasteiger partial charge in [-0.3, -0.25) is 4.79 Å². The quantitative estimate of drug-likeness (QED) is 0.806. The average Bonchev–Trinajstić information content (AvgIpc) is 2.74. The molecule has 1 aliphatic carbocycles. The van der Waals surface area contributed by atoms with Gasteiger partial charge in [-0.2, -0.15) is 0 Å². The lowest BCUT2D eigenvalue weighted by atomic mass is 9.93. The predicted octanol–water partition coefficient (Wildman–Crippen LogP) is 1.04. The summed E-state index contributed by atoms with van der Waals surface area (Å²) in [5.41, 5.74) is 0.507. The Morgan fingerprint density at radius 2 is 2.32 bits per heavy atom. The molecule has 0 radical (unpaired) electrons. The van der Waals surface area contributed by atoms with Gasteiger partial charge in [-0.05, 0) is 31.4 Å². The van der Waals surface area contributed by atoms with E-state index in [9.17, 15) is 9.59 Å². The van der Waals surface area contributed by atoms with E-state index in [0.29, 0.717) is 11.7 Å². The van der Waals surface area contributed by atoms with Gasteiger partial charge in [-0.1, -0.05) is 0 Å². The number of nitrogens with zero attached hydrogens (tertiary/aromatic N) is 1. The van der Waals surface area contributed by atoms with Gasteiger partial charge in [0.2, 0.25) is 0 Å². The van der Waals surface area contributed by atoms with E-state index in [1.165, 1.54) is 13.5 Å². The molecule has 2 rings (SSSR count). The summed E-state index contributed by atoms with van der Waals surface area (Å²) in [5, 5.41) is 11.5. The molecule has 1 atom stereocenters. The second-order valence-electron chi connectivity index (χ2n) is 4.71. The first-order valence-electron chi connectivity index (χ1n) is 6.33. The summed E-state index contributed by atoms with van der Waals surface area (Å²) < 4.78 is 6.71. The Labute approximate surface area is 111 Å². The fraction of sp³-hybridized carbons (Fsp3) is 0.538. The maximum Gasteiger partial charge on any atom is 0.328 e. The Bertz CT molecular complexity index is 465. The van der Waals surface area contributed by atoms with Crippen molar-refractivity contribution in [2.24, 2.45) is 0 Å². The number of carboxylic acids is 1. The zero-order valence-electron chi connectivity index (χ0n) is 10.8. The van der Waals surface area contributed by atoms with E-state index in [0.717, 1.165) is 12.8 Å². The molecule has 0 aromatic carbocycles. The fourth-order valence-electron chi connectivity index (χ4n) is 2.14. The van der Waals surface area contributed by atoms with E-state index in [2.05, 4.69) is 5.32 Å². The first-order chi connectivity index (χ1) is 9.13. The SMILES string of the molecule is COCC(NC(=O)c1cccn1C1CCC1)C(=O)O. The van der Waals surface area contributed by atoms with Crippen molar-refractivity contribution in [1.82, 2.24) is 9.88 Å². The van der Waals surface area contributed by atoms with Gasteiger partial charge >= 0.3 is 5.97 Å². The monoisotopic (exact) mass is 266 g/mol. The van der Waals surface area contributed by atoms with Crippen molar-refractivity contribution in [3.05, 3.63) is 24.0 Å². The molecule has 1 fully saturated rings. The highest BCUT2D eigenvalue weighted by atomic mass is 16.5. The first-order valence-corrected chi connectivity index (χ1v) is 6.33. The van der Waals surface area contributed by atoms with Crippen molar-refractivity contribution >= 4 is 11.9 Å². The van der Waals surface area contributed by atoms with Crippen molar-refractivity contribution in [1.29, 1.82) is 0 Å². The molecule has 1 amide bonds. The van der Waals surface area contributed by atoms with Crippen molar-refractivity contribution in [3.8, 4) is 0 Å². The molecule has 1 aromatic heterocycles. The number of carbonyl (C=O) groups is 2. The fourth-order valence-corrected chi connectivity index (χ4v) is 2.14. The van der Waals surface area contributed by atoms with Crippen LogP contribution >= 0.6 is 0 Å². The van der Waals surface area contributed by atoms with Crippen molar-refractivity contribution in [2.45, 2.75) is 31.3 Å². The minimum Gasteiger partial charge on any atom is -0.480 e. The molecular weight excluding hydrogens is 248 g/mol. The highest BCUT2D eigenvalue weighted by Crippen LogP contribution is 2.32. The van der Waals surface area contributed by atoms with Gasteiger partial charge < -0.3 is 19.7 Å². The smallest absolute Gasteiger partial charge is 0.328 e. The standard InChI is InChI=1S/C13H18N2O4/c1-19-8-10(13(17)18)14-12(16)11-6-3-7-15(11)9-4-2-5-9/h3,6-7,9-10H,2,4-5,8H2,1H3,(H,14,16)(H,17,18). The van der Waals surface area contributed by atoms with Crippen LogP contribution in [-0.2, 0) is 9.53 Å². The Balaban J connectivity index is 2.06. The third-order valence-electron chi connectivity index (χ3n) is 3.42. The molecule has 0 bridgehead atoms. The number of hydrogen-bond acceptors (Lipinski definition) is 3. The molecule has 1 unspecified atom stereocenters. The second kappa shape index (κ2) is 5.88. The number of carboxylic acid groups (broad SMARTS) is 1. The van der Waals surface area contributed by atoms with Gasteiger partial charge in [0, 0.05) is 19.3 Å². The van der Waals surface area contributed by atoms with Crippen LogP contribution in [0, 0.1) is 0 Å². The van der Waals surface area contributed by atoms with Gasteiger partial charge in [0.05, 0.1) is 6.61 Å². The minimum atomic E-state index is -1.10. The molecule has 0 aliphatic heterocycles. The number of rotatable bonds is 6. The summed E-state index contributed by atoms with van der Waals surface area (Å²) in [4.78, 5) is 23.1. The van der Waals surface area contributed by atoms with Crippen LogP contribution in [0.25, 0.3) is 0 Å². The topological polar surface area (TPSA) is 80.6 Å². The number of amides is 1. The zero-order chi connectivity index (χ0) is 13.8. The van der Waals surface area contributed by atoms with Crippen molar-refractivity contribution < 1.29 is 19.4 Å². The highest BCUT2D eigenvalue weighted by Gasteiger charge is 2.26. The lowest BCUT2D eigenvalue weighted by Gasteiger charge is -2.29. The van der Waals surface area contributed by atoms with Gasteiger partial charge in [0.15, 0.2) is 6.04 Å². The molecule has 1 saturated carbocycles. The number of carbonyl (C=O) groups excluding carboxylic acids is 1. The molecule has 0 saturated heterocycles. The van der Waals surface area contributed by atoms with Gasteiger partial charge in [-0.25, -0.2) is 4.79 Å². The van der Waals surface area contributed by atoms with E-state index in [-0.39, 0.29) is 12.5 Å². The van der Waals surface area contributed by atoms with E-state index >= 15 is 0 Å². The first kappa shape index (κ1) is 13.6. The van der Waals surface area contributed by atoms with E-state index < -0.39 is 12.0 Å². The Kier molecular flexibility index (Phi) is 4.21. The summed E-state index contributed by atoms with van der Waals surface area (Å²) in [7, 11) is 1.40. The Morgan fingerprint density at radius 3 is 2.84 bits per heavy atom. The molecule has 0 spiro atoms. The maximum atomic E-state index is 12.1. The molecule has 2 N–H and O–H groups in total. The van der Waals surface area contributed by atoms with Crippen LogP contribution in [0.1, 0.15) is 35.8 Å². The molecular formula is C13H18N2O4. The van der Waals surface area contributed by atoms with Gasteiger partial charge in [0.25, 0.3) is 5.91 Å². The van der Waals surface area contributed by atoms with Crippen LogP contribution in [0.2, 0.25) is 0 Å². The lowest BCUT2D eigenvalue weighted by Crippen LogP contribution is -2.44. The van der Waals surface area contributed by atoms with Gasteiger partial charge in [0.1, 0.15) is 5.69 Å². The molecule has 1 aromatic rings. The predicted molar refractivity (Wildman–Crippen MR) is 68.1 cm³/mol. The minimum absolute atomic E-state index is 0.0504. The molecule has 19 heavy (non-hydrogen) atoms. The van der Waals surface area contributed by atoms with Crippen molar-refractivity contribution in [2.75, 3.05) is 13.7 Å². The van der Waals surface area contributed by atoms with Crippen molar-refractivity contribution in [3.63, 3.8) is 0 Å². The largest absolute Gasteiger partial charge is 0.480 e. The van der Waals surface area contributed by atoms with Crippen LogP contribution in [0.5, 0.6) is 0 Å². The Morgan fingerprint density at radius 1 is 1.58 bits per heavy atom. The summed E-state index contributed by atoms with van der Waals surface area (Å²) in [6.45, 7) is -0.0504. The molecule has 6 nitrogen and oxygen atoms in total. The third kappa shape index (κ3) is 2.96. The number of aromatic nitrogens is 1. The number of hydrogen-bond donors (Lipinski definition) is 2.